The van der Waals surface area contributed by atoms with E-state index in [1.807, 2.05) is 68.4 Å². The quantitative estimate of drug-likeness (QED) is 0.228. The highest BCUT2D eigenvalue weighted by Crippen LogP contribution is 2.64. The molecule has 2 amide bonds. The van der Waals surface area contributed by atoms with Crippen molar-refractivity contribution in [2.45, 2.75) is 62.7 Å². The molecular weight excluding hydrogens is 552 g/mol. The number of benzene rings is 4. The number of anilines is 3. The van der Waals surface area contributed by atoms with Crippen molar-refractivity contribution in [1.82, 2.24) is 0 Å². The molecule has 4 nitrogen and oxygen atoms in total. The van der Waals surface area contributed by atoms with Gasteiger partial charge in [-0.1, -0.05) is 54.6 Å². The minimum atomic E-state index is -0.211. The van der Waals surface area contributed by atoms with Gasteiger partial charge in [0.25, 0.3) is 11.8 Å². The van der Waals surface area contributed by atoms with Crippen molar-refractivity contribution in [2.75, 3.05) is 10.2 Å². The molecule has 4 saturated carbocycles. The number of rotatable bonds is 6. The van der Waals surface area contributed by atoms with Crippen LogP contribution < -0.4 is 10.2 Å². The third kappa shape index (κ3) is 5.16. The van der Waals surface area contributed by atoms with E-state index >= 15 is 0 Å². The molecule has 4 aromatic rings. The third-order valence-electron chi connectivity index (χ3n) is 9.95. The largest absolute Gasteiger partial charge is 0.320 e. The summed E-state index contributed by atoms with van der Waals surface area (Å²) in [6.07, 6.45) is 6.69. The highest BCUT2D eigenvalue weighted by molar-refractivity contribution is 6.24. The molecule has 5 heteroatoms. The number of nitrogens with one attached hydrogen (secondary N) is 1. The van der Waals surface area contributed by atoms with Gasteiger partial charge in [0.1, 0.15) is 0 Å². The molecule has 0 aromatic heterocycles. The van der Waals surface area contributed by atoms with Gasteiger partial charge in [-0.05, 0) is 129 Å². The maximum absolute atomic E-state index is 14.5. The summed E-state index contributed by atoms with van der Waals surface area (Å²) in [6.45, 7) is 4.07. The summed E-state index contributed by atoms with van der Waals surface area (Å²) < 4.78 is 0. The van der Waals surface area contributed by atoms with Gasteiger partial charge in [-0.3, -0.25) is 14.5 Å². The second-order valence-corrected chi connectivity index (χ2v) is 14.0. The number of halogens is 1. The van der Waals surface area contributed by atoms with Crippen LogP contribution in [0.25, 0.3) is 0 Å². The molecule has 4 aliphatic rings. The SMILES string of the molecule is Cc1ccc(C)c(N(C(=O)c2ccccc2)c2cc(C34CC5CC(CC(Cl)(C5)C3)C4)ccc2NC(=O)c2ccccc2)c1. The number of hydrogen-bond donors (Lipinski definition) is 1. The van der Waals surface area contributed by atoms with Crippen molar-refractivity contribution < 1.29 is 9.59 Å². The van der Waals surface area contributed by atoms with Crippen LogP contribution in [0, 0.1) is 25.7 Å². The van der Waals surface area contributed by atoms with Gasteiger partial charge in [0.15, 0.2) is 0 Å². The van der Waals surface area contributed by atoms with Crippen molar-refractivity contribution in [3.63, 3.8) is 0 Å². The number of nitrogens with zero attached hydrogens (tertiary/aromatic N) is 1. The van der Waals surface area contributed by atoms with Crippen molar-refractivity contribution in [3.8, 4) is 0 Å². The molecule has 0 saturated heterocycles. The highest BCUT2D eigenvalue weighted by Gasteiger charge is 2.57. The van der Waals surface area contributed by atoms with Crippen LogP contribution in [0.4, 0.5) is 17.1 Å². The minimum absolute atomic E-state index is 0.0222. The van der Waals surface area contributed by atoms with Gasteiger partial charge in [-0.15, -0.1) is 11.6 Å². The van der Waals surface area contributed by atoms with Crippen molar-refractivity contribution in [1.29, 1.82) is 0 Å². The van der Waals surface area contributed by atoms with Crippen LogP contribution in [0.3, 0.4) is 0 Å². The van der Waals surface area contributed by atoms with Gasteiger partial charge in [0, 0.05) is 16.0 Å². The van der Waals surface area contributed by atoms with Crippen LogP contribution in [-0.2, 0) is 5.41 Å². The molecule has 4 aromatic carbocycles. The van der Waals surface area contributed by atoms with Gasteiger partial charge < -0.3 is 5.32 Å². The van der Waals surface area contributed by atoms with Crippen LogP contribution in [0.15, 0.2) is 97.1 Å². The summed E-state index contributed by atoms with van der Waals surface area (Å²) in [4.78, 5) is 29.7. The Morgan fingerprint density at radius 2 is 1.42 bits per heavy atom. The van der Waals surface area contributed by atoms with E-state index in [2.05, 4.69) is 35.6 Å². The lowest BCUT2D eigenvalue weighted by molar-refractivity contribution is 0.00901. The fourth-order valence-electron chi connectivity index (χ4n) is 8.44. The summed E-state index contributed by atoms with van der Waals surface area (Å²) in [5.74, 6) is 0.930. The molecule has 4 fully saturated rings. The predicted molar refractivity (Wildman–Crippen MR) is 175 cm³/mol. The van der Waals surface area contributed by atoms with Gasteiger partial charge in [-0.2, -0.15) is 0 Å². The van der Waals surface area contributed by atoms with Gasteiger partial charge >= 0.3 is 0 Å². The van der Waals surface area contributed by atoms with Crippen LogP contribution in [0.1, 0.15) is 75.9 Å². The molecule has 1 N–H and O–H groups in total. The van der Waals surface area contributed by atoms with Crippen molar-refractivity contribution >= 4 is 40.5 Å². The summed E-state index contributed by atoms with van der Waals surface area (Å²) in [5.41, 5.74) is 6.48. The number of aryl methyl sites for hydroxylation is 2. The summed E-state index contributed by atoms with van der Waals surface area (Å²) in [7, 11) is 0. The molecule has 4 bridgehead atoms. The van der Waals surface area contributed by atoms with E-state index in [9.17, 15) is 9.59 Å². The Kier molecular flexibility index (Phi) is 6.93. The number of hydrogen-bond acceptors (Lipinski definition) is 2. The Bertz CT molecular complexity index is 1690. The Morgan fingerprint density at radius 3 is 2.07 bits per heavy atom. The molecule has 2 atom stereocenters. The fourth-order valence-corrected chi connectivity index (χ4v) is 9.14. The van der Waals surface area contributed by atoms with E-state index in [1.54, 1.807) is 17.0 Å². The topological polar surface area (TPSA) is 49.4 Å². The highest BCUT2D eigenvalue weighted by atomic mass is 35.5. The summed E-state index contributed by atoms with van der Waals surface area (Å²) in [5, 5.41) is 3.17. The van der Waals surface area contributed by atoms with Crippen LogP contribution in [-0.4, -0.2) is 16.7 Å². The van der Waals surface area contributed by atoms with Crippen LogP contribution >= 0.6 is 11.6 Å². The van der Waals surface area contributed by atoms with Crippen molar-refractivity contribution in [2.24, 2.45) is 11.8 Å². The van der Waals surface area contributed by atoms with Gasteiger partial charge in [0.2, 0.25) is 0 Å². The van der Waals surface area contributed by atoms with E-state index in [0.717, 1.165) is 48.9 Å². The monoisotopic (exact) mass is 588 g/mol. The normalized spacial score (nSPS) is 25.4. The molecule has 0 spiro atoms. The molecule has 43 heavy (non-hydrogen) atoms. The summed E-state index contributed by atoms with van der Waals surface area (Å²) >= 11 is 7.28. The van der Waals surface area contributed by atoms with E-state index in [1.165, 1.54) is 12.0 Å². The average molecular weight is 589 g/mol. The molecule has 2 unspecified atom stereocenters. The first-order valence-corrected chi connectivity index (χ1v) is 15.8. The molecule has 218 valence electrons. The molecule has 8 rings (SSSR count). The first kappa shape index (κ1) is 27.9. The van der Waals surface area contributed by atoms with Gasteiger partial charge in [-0.25, -0.2) is 0 Å². The third-order valence-corrected chi connectivity index (χ3v) is 10.4. The van der Waals surface area contributed by atoms with Crippen LogP contribution in [0.2, 0.25) is 0 Å². The molecule has 0 aliphatic heterocycles. The van der Waals surface area contributed by atoms with Gasteiger partial charge in [0.05, 0.1) is 17.1 Å². The van der Waals surface area contributed by atoms with E-state index in [-0.39, 0.29) is 22.1 Å². The maximum atomic E-state index is 14.5. The summed E-state index contributed by atoms with van der Waals surface area (Å²) in [6, 6.07) is 31.1. The zero-order chi connectivity index (χ0) is 29.8. The fraction of sp³-hybridized carbons (Fsp3) is 0.316. The standard InChI is InChI=1S/C38H37ClN2O2/c1-25-13-14-26(2)33(17-25)41(36(43)30-11-7-4-8-12-30)34-19-31(15-16-32(34)40-35(42)29-9-5-3-6-10-29)37-20-27-18-28(21-37)23-38(39,22-27)24-37/h3-17,19,27-28H,18,20-24H2,1-2H3,(H,40,42). The molecule has 0 heterocycles. The first-order valence-electron chi connectivity index (χ1n) is 15.4. The Morgan fingerprint density at radius 1 is 0.767 bits per heavy atom. The first-order chi connectivity index (χ1) is 20.7. The lowest BCUT2D eigenvalue weighted by Crippen LogP contribution is -2.55. The zero-order valence-electron chi connectivity index (χ0n) is 24.8. The van der Waals surface area contributed by atoms with E-state index in [0.29, 0.717) is 34.3 Å². The smallest absolute Gasteiger partial charge is 0.262 e. The maximum Gasteiger partial charge on any atom is 0.262 e. The number of carbonyl (C=O) groups is 2. The second-order valence-electron chi connectivity index (χ2n) is 13.2. The minimum Gasteiger partial charge on any atom is -0.320 e. The number of alkyl halides is 1. The zero-order valence-corrected chi connectivity index (χ0v) is 25.5. The van der Waals surface area contributed by atoms with Crippen molar-refractivity contribution in [3.05, 3.63) is 125 Å². The predicted octanol–water partition coefficient (Wildman–Crippen LogP) is 9.36. The number of carbonyl (C=O) groups excluding carboxylic acids is 2. The number of amides is 2. The van der Waals surface area contributed by atoms with Crippen LogP contribution in [0.5, 0.6) is 0 Å². The van der Waals surface area contributed by atoms with E-state index in [4.69, 9.17) is 11.6 Å². The lowest BCUT2D eigenvalue weighted by Gasteiger charge is -2.60. The molecular formula is C38H37ClN2O2. The molecule has 0 radical (unpaired) electrons. The molecule has 4 aliphatic carbocycles. The lowest BCUT2D eigenvalue weighted by atomic mass is 9.47. The Balaban J connectivity index is 1.41. The average Bonchev–Trinajstić information content (AvgIpc) is 2.99. The Hall–Kier alpha value is -3.89. The Labute approximate surface area is 259 Å². The second kappa shape index (κ2) is 10.7. The van der Waals surface area contributed by atoms with E-state index < -0.39 is 0 Å².